The summed E-state index contributed by atoms with van der Waals surface area (Å²) < 4.78 is 5.54. The zero-order valence-corrected chi connectivity index (χ0v) is 11.6. The fraction of sp³-hybridized carbons (Fsp3) is 0.929. The molecule has 2 N–H and O–H groups in total. The number of piperidine rings is 1. The first-order valence-electron chi connectivity index (χ1n) is 7.26. The smallest absolute Gasteiger partial charge is 0.220 e. The lowest BCUT2D eigenvalue weighted by atomic mass is 9.94. The lowest BCUT2D eigenvalue weighted by Crippen LogP contribution is -2.50. The quantitative estimate of drug-likeness (QED) is 0.801. The molecule has 0 aromatic heterocycles. The molecule has 2 heterocycles. The zero-order valence-electron chi connectivity index (χ0n) is 11.6. The molecule has 3 unspecified atom stereocenters. The average Bonchev–Trinajstić information content (AvgIpc) is 2.68. The van der Waals surface area contributed by atoms with E-state index in [1.54, 1.807) is 0 Å². The second kappa shape index (κ2) is 6.02. The van der Waals surface area contributed by atoms with Crippen LogP contribution in [0.15, 0.2) is 0 Å². The highest BCUT2D eigenvalue weighted by atomic mass is 16.5. The second-order valence-corrected chi connectivity index (χ2v) is 5.91. The van der Waals surface area contributed by atoms with Crippen molar-refractivity contribution in [2.45, 2.75) is 70.1 Å². The van der Waals surface area contributed by atoms with Crippen LogP contribution in [0.2, 0.25) is 0 Å². The summed E-state index contributed by atoms with van der Waals surface area (Å²) in [4.78, 5) is 12.0. The minimum absolute atomic E-state index is 0.120. The van der Waals surface area contributed by atoms with Crippen molar-refractivity contribution < 1.29 is 9.53 Å². The van der Waals surface area contributed by atoms with Gasteiger partial charge in [0.05, 0.1) is 11.6 Å². The van der Waals surface area contributed by atoms with Crippen LogP contribution in [-0.2, 0) is 9.53 Å². The van der Waals surface area contributed by atoms with Crippen molar-refractivity contribution in [1.29, 1.82) is 0 Å². The van der Waals surface area contributed by atoms with E-state index in [0.717, 1.165) is 26.0 Å². The predicted molar refractivity (Wildman–Crippen MR) is 71.5 cm³/mol. The lowest BCUT2D eigenvalue weighted by Gasteiger charge is -2.29. The molecule has 0 spiro atoms. The van der Waals surface area contributed by atoms with E-state index in [0.29, 0.717) is 12.5 Å². The molecule has 0 aromatic carbocycles. The Morgan fingerprint density at radius 1 is 1.50 bits per heavy atom. The summed E-state index contributed by atoms with van der Waals surface area (Å²) in [5, 5.41) is 6.63. The summed E-state index contributed by atoms with van der Waals surface area (Å²) in [5.41, 5.74) is -0.170. The number of ether oxygens (including phenoxy) is 1. The van der Waals surface area contributed by atoms with Crippen LogP contribution in [-0.4, -0.2) is 36.7 Å². The van der Waals surface area contributed by atoms with Gasteiger partial charge in [-0.1, -0.05) is 6.42 Å². The fourth-order valence-electron chi connectivity index (χ4n) is 2.86. The van der Waals surface area contributed by atoms with Crippen molar-refractivity contribution in [3.05, 3.63) is 0 Å². The summed E-state index contributed by atoms with van der Waals surface area (Å²) >= 11 is 0. The third-order valence-corrected chi connectivity index (χ3v) is 4.44. The minimum Gasteiger partial charge on any atom is -0.376 e. The van der Waals surface area contributed by atoms with E-state index < -0.39 is 0 Å². The van der Waals surface area contributed by atoms with Crippen molar-refractivity contribution in [3.63, 3.8) is 0 Å². The maximum Gasteiger partial charge on any atom is 0.220 e. The van der Waals surface area contributed by atoms with E-state index in [2.05, 4.69) is 17.6 Å². The van der Waals surface area contributed by atoms with Crippen LogP contribution in [0.1, 0.15) is 52.4 Å². The number of rotatable bonds is 4. The molecule has 0 saturated carbocycles. The molecule has 4 heteroatoms. The number of amides is 1. The molecule has 2 rings (SSSR count). The second-order valence-electron chi connectivity index (χ2n) is 5.91. The van der Waals surface area contributed by atoms with Crippen molar-refractivity contribution >= 4 is 5.91 Å². The lowest BCUT2D eigenvalue weighted by molar-refractivity contribution is -0.123. The molecule has 2 fully saturated rings. The van der Waals surface area contributed by atoms with Crippen molar-refractivity contribution in [2.24, 2.45) is 0 Å². The van der Waals surface area contributed by atoms with Gasteiger partial charge in [0.15, 0.2) is 0 Å². The highest BCUT2D eigenvalue weighted by molar-refractivity contribution is 5.76. The first kappa shape index (κ1) is 13.8. The van der Waals surface area contributed by atoms with Gasteiger partial charge in [-0.05, 0) is 46.1 Å². The predicted octanol–water partition coefficient (Wildman–Crippen LogP) is 1.59. The highest BCUT2D eigenvalue weighted by Crippen LogP contribution is 2.25. The normalized spacial score (nSPS) is 36.6. The van der Waals surface area contributed by atoms with Gasteiger partial charge in [0.25, 0.3) is 0 Å². The molecular weight excluding hydrogens is 228 g/mol. The summed E-state index contributed by atoms with van der Waals surface area (Å²) in [7, 11) is 0. The van der Waals surface area contributed by atoms with Crippen molar-refractivity contribution in [1.82, 2.24) is 10.6 Å². The SMILES string of the molecule is CC1OCCC1(C)NC(=O)CCC1CCCCN1. The van der Waals surface area contributed by atoms with Crippen molar-refractivity contribution in [3.8, 4) is 0 Å². The Morgan fingerprint density at radius 2 is 2.33 bits per heavy atom. The van der Waals surface area contributed by atoms with E-state index in [-0.39, 0.29) is 17.6 Å². The monoisotopic (exact) mass is 254 g/mol. The van der Waals surface area contributed by atoms with Gasteiger partial charge < -0.3 is 15.4 Å². The number of hydrogen-bond donors (Lipinski definition) is 2. The standard InChI is InChI=1S/C14H26N2O2/c1-11-14(2,8-10-18-11)16-13(17)7-6-12-5-3-4-9-15-12/h11-12,15H,3-10H2,1-2H3,(H,16,17). The molecule has 2 aliphatic heterocycles. The third-order valence-electron chi connectivity index (χ3n) is 4.44. The fourth-order valence-corrected chi connectivity index (χ4v) is 2.86. The molecule has 4 nitrogen and oxygen atoms in total. The van der Waals surface area contributed by atoms with E-state index in [1.807, 2.05) is 6.92 Å². The van der Waals surface area contributed by atoms with Gasteiger partial charge in [-0.2, -0.15) is 0 Å². The molecular formula is C14H26N2O2. The molecule has 18 heavy (non-hydrogen) atoms. The Morgan fingerprint density at radius 3 is 2.94 bits per heavy atom. The Balaban J connectivity index is 1.71. The number of hydrogen-bond acceptors (Lipinski definition) is 3. The van der Waals surface area contributed by atoms with E-state index >= 15 is 0 Å². The van der Waals surface area contributed by atoms with Gasteiger partial charge in [-0.3, -0.25) is 4.79 Å². The average molecular weight is 254 g/mol. The molecule has 0 bridgehead atoms. The van der Waals surface area contributed by atoms with Crippen LogP contribution in [0.25, 0.3) is 0 Å². The van der Waals surface area contributed by atoms with Gasteiger partial charge in [0, 0.05) is 19.1 Å². The number of carbonyl (C=O) groups excluding carboxylic acids is 1. The van der Waals surface area contributed by atoms with Gasteiger partial charge in [0.2, 0.25) is 5.91 Å². The van der Waals surface area contributed by atoms with Crippen LogP contribution in [0.3, 0.4) is 0 Å². The summed E-state index contributed by atoms with van der Waals surface area (Å²) in [5.74, 6) is 0.169. The Kier molecular flexibility index (Phi) is 4.62. The first-order valence-corrected chi connectivity index (χ1v) is 7.26. The van der Waals surface area contributed by atoms with E-state index in [4.69, 9.17) is 4.74 Å². The summed E-state index contributed by atoms with van der Waals surface area (Å²) in [6.45, 7) is 5.98. The third kappa shape index (κ3) is 3.45. The van der Waals surface area contributed by atoms with Crippen LogP contribution >= 0.6 is 0 Å². The molecule has 3 atom stereocenters. The van der Waals surface area contributed by atoms with Crippen LogP contribution in [0.5, 0.6) is 0 Å². The maximum absolute atomic E-state index is 12.0. The molecule has 1 amide bonds. The topological polar surface area (TPSA) is 50.4 Å². The zero-order chi connectivity index (χ0) is 13.0. The molecule has 0 aliphatic carbocycles. The van der Waals surface area contributed by atoms with Gasteiger partial charge in [-0.15, -0.1) is 0 Å². The van der Waals surface area contributed by atoms with Gasteiger partial charge >= 0.3 is 0 Å². The van der Waals surface area contributed by atoms with Crippen LogP contribution < -0.4 is 10.6 Å². The molecule has 0 radical (unpaired) electrons. The highest BCUT2D eigenvalue weighted by Gasteiger charge is 2.38. The Hall–Kier alpha value is -0.610. The number of nitrogens with one attached hydrogen (secondary N) is 2. The number of carbonyl (C=O) groups is 1. The molecule has 0 aromatic rings. The summed E-state index contributed by atoms with van der Waals surface area (Å²) in [6.07, 6.45) is 6.40. The maximum atomic E-state index is 12.0. The molecule has 2 aliphatic rings. The van der Waals surface area contributed by atoms with Gasteiger partial charge in [0.1, 0.15) is 0 Å². The van der Waals surface area contributed by atoms with Crippen molar-refractivity contribution in [2.75, 3.05) is 13.2 Å². The van der Waals surface area contributed by atoms with E-state index in [9.17, 15) is 4.79 Å². The van der Waals surface area contributed by atoms with Gasteiger partial charge in [-0.25, -0.2) is 0 Å². The van der Waals surface area contributed by atoms with Crippen LogP contribution in [0, 0.1) is 0 Å². The Bertz CT molecular complexity index is 290. The largest absolute Gasteiger partial charge is 0.376 e. The molecule has 2 saturated heterocycles. The molecule has 104 valence electrons. The minimum atomic E-state index is -0.170. The van der Waals surface area contributed by atoms with E-state index in [1.165, 1.54) is 19.3 Å². The first-order chi connectivity index (χ1) is 8.60. The summed E-state index contributed by atoms with van der Waals surface area (Å²) in [6, 6.07) is 0.537. The Labute approximate surface area is 110 Å². The van der Waals surface area contributed by atoms with Crippen LogP contribution in [0.4, 0.5) is 0 Å².